The molecule has 1 heterocycles. The first kappa shape index (κ1) is 12.3. The molecule has 0 aliphatic rings. The number of nitriles is 2. The molecule has 2 aromatic carbocycles. The van der Waals surface area contributed by atoms with Crippen molar-refractivity contribution in [1.82, 2.24) is 4.57 Å². The summed E-state index contributed by atoms with van der Waals surface area (Å²) in [5.74, 6) is 0. The maximum absolute atomic E-state index is 9.36. The zero-order valence-electron chi connectivity index (χ0n) is 11.4. The van der Waals surface area contributed by atoms with Gasteiger partial charge in [-0.3, -0.25) is 0 Å². The lowest BCUT2D eigenvalue weighted by atomic mass is 10.0. The minimum atomic E-state index is 0.262. The minimum absolute atomic E-state index is 0.262. The molecule has 3 nitrogen and oxygen atoms in total. The Morgan fingerprint density at radius 1 is 0.850 bits per heavy atom. The smallest absolute Gasteiger partial charge is 0.0998 e. The second-order valence-electron chi connectivity index (χ2n) is 5.09. The molecule has 3 heteroatoms. The van der Waals surface area contributed by atoms with Crippen molar-refractivity contribution >= 4 is 21.8 Å². The first-order chi connectivity index (χ1) is 9.69. The molecule has 0 radical (unpaired) electrons. The van der Waals surface area contributed by atoms with Gasteiger partial charge in [-0.2, -0.15) is 10.5 Å². The third-order valence-electron chi connectivity index (χ3n) is 3.61. The van der Waals surface area contributed by atoms with Gasteiger partial charge in [0.25, 0.3) is 0 Å². The molecule has 0 aliphatic heterocycles. The van der Waals surface area contributed by atoms with Crippen LogP contribution in [0.15, 0.2) is 36.4 Å². The Morgan fingerprint density at radius 3 is 1.65 bits per heavy atom. The number of fused-ring (bicyclic) bond motifs is 3. The van der Waals surface area contributed by atoms with E-state index >= 15 is 0 Å². The highest BCUT2D eigenvalue weighted by molar-refractivity contribution is 6.13. The van der Waals surface area contributed by atoms with Crippen molar-refractivity contribution in [3.63, 3.8) is 0 Å². The molecule has 0 bridgehead atoms. The number of hydrogen-bond donors (Lipinski definition) is 0. The summed E-state index contributed by atoms with van der Waals surface area (Å²) in [5.41, 5.74) is 3.26. The molecule has 0 fully saturated rings. The lowest BCUT2D eigenvalue weighted by molar-refractivity contribution is 0.642. The van der Waals surface area contributed by atoms with Crippen LogP contribution in [-0.2, 0) is 0 Å². The van der Waals surface area contributed by atoms with Crippen molar-refractivity contribution < 1.29 is 0 Å². The molecule has 0 spiro atoms. The van der Waals surface area contributed by atoms with Gasteiger partial charge in [-0.05, 0) is 38.1 Å². The lowest BCUT2D eigenvalue weighted by Crippen LogP contribution is -1.99. The number of aromatic nitrogens is 1. The predicted octanol–water partition coefficient (Wildman–Crippen LogP) is 4.12. The van der Waals surface area contributed by atoms with Crippen LogP contribution in [-0.4, -0.2) is 4.57 Å². The van der Waals surface area contributed by atoms with Crippen molar-refractivity contribution in [2.24, 2.45) is 0 Å². The summed E-state index contributed by atoms with van der Waals surface area (Å²) < 4.78 is 2.19. The Morgan fingerprint density at radius 2 is 1.30 bits per heavy atom. The fraction of sp³-hybridized carbons (Fsp3) is 0.176. The fourth-order valence-electron chi connectivity index (χ4n) is 2.88. The van der Waals surface area contributed by atoms with E-state index in [4.69, 9.17) is 0 Å². The van der Waals surface area contributed by atoms with E-state index in [9.17, 15) is 10.5 Å². The first-order valence-corrected chi connectivity index (χ1v) is 6.55. The lowest BCUT2D eigenvalue weighted by Gasteiger charge is -2.11. The highest BCUT2D eigenvalue weighted by Crippen LogP contribution is 2.35. The van der Waals surface area contributed by atoms with Crippen LogP contribution in [0.5, 0.6) is 0 Å². The molecule has 0 amide bonds. The van der Waals surface area contributed by atoms with Gasteiger partial charge in [0.1, 0.15) is 0 Å². The molecule has 0 saturated heterocycles. The van der Waals surface area contributed by atoms with Crippen molar-refractivity contribution in [3.8, 4) is 12.1 Å². The molecule has 0 saturated carbocycles. The standard InChI is InChI=1S/C17H13N3/c1-11(2)20-14-7-3-5-12(9-18)16(14)17-13(10-19)6-4-8-15(17)20/h3-8,11H,1-2H3. The fourth-order valence-corrected chi connectivity index (χ4v) is 2.88. The summed E-state index contributed by atoms with van der Waals surface area (Å²) in [5, 5.41) is 20.5. The van der Waals surface area contributed by atoms with Gasteiger partial charge in [0, 0.05) is 16.8 Å². The van der Waals surface area contributed by atoms with E-state index in [2.05, 4.69) is 30.6 Å². The minimum Gasteiger partial charge on any atom is -0.338 e. The van der Waals surface area contributed by atoms with E-state index < -0.39 is 0 Å². The Kier molecular flexibility index (Phi) is 2.70. The van der Waals surface area contributed by atoms with Crippen molar-refractivity contribution in [3.05, 3.63) is 47.5 Å². The molecular formula is C17H13N3. The summed E-state index contributed by atoms with van der Waals surface area (Å²) in [6, 6.07) is 16.2. The van der Waals surface area contributed by atoms with Crippen LogP contribution in [0.3, 0.4) is 0 Å². The summed E-state index contributed by atoms with van der Waals surface area (Å²) in [4.78, 5) is 0. The average Bonchev–Trinajstić information content (AvgIpc) is 2.81. The highest BCUT2D eigenvalue weighted by Gasteiger charge is 2.17. The molecule has 0 aliphatic carbocycles. The van der Waals surface area contributed by atoms with Crippen LogP contribution in [0.1, 0.15) is 31.0 Å². The van der Waals surface area contributed by atoms with Gasteiger partial charge >= 0.3 is 0 Å². The summed E-state index contributed by atoms with van der Waals surface area (Å²) >= 11 is 0. The van der Waals surface area contributed by atoms with E-state index in [1.165, 1.54) is 0 Å². The van der Waals surface area contributed by atoms with Crippen molar-refractivity contribution in [2.45, 2.75) is 19.9 Å². The zero-order chi connectivity index (χ0) is 14.3. The van der Waals surface area contributed by atoms with E-state index in [-0.39, 0.29) is 6.04 Å². The highest BCUT2D eigenvalue weighted by atomic mass is 15.0. The quantitative estimate of drug-likeness (QED) is 0.660. The predicted molar refractivity (Wildman–Crippen MR) is 79.3 cm³/mol. The van der Waals surface area contributed by atoms with Crippen LogP contribution in [0.25, 0.3) is 21.8 Å². The van der Waals surface area contributed by atoms with Crippen LogP contribution in [0.4, 0.5) is 0 Å². The van der Waals surface area contributed by atoms with Crippen molar-refractivity contribution in [2.75, 3.05) is 0 Å². The van der Waals surface area contributed by atoms with Gasteiger partial charge in [-0.25, -0.2) is 0 Å². The molecule has 0 unspecified atom stereocenters. The largest absolute Gasteiger partial charge is 0.338 e. The SMILES string of the molecule is CC(C)n1c2cccc(C#N)c2c2c(C#N)cccc21. The monoisotopic (exact) mass is 259 g/mol. The normalized spacial score (nSPS) is 10.8. The maximum atomic E-state index is 9.36. The van der Waals surface area contributed by atoms with Gasteiger partial charge in [0.2, 0.25) is 0 Å². The van der Waals surface area contributed by atoms with E-state index in [0.717, 1.165) is 21.8 Å². The molecule has 20 heavy (non-hydrogen) atoms. The molecule has 1 aromatic heterocycles. The van der Waals surface area contributed by atoms with E-state index in [1.54, 1.807) is 12.1 Å². The van der Waals surface area contributed by atoms with Gasteiger partial charge in [0.15, 0.2) is 0 Å². The van der Waals surface area contributed by atoms with E-state index in [1.807, 2.05) is 24.3 Å². The third kappa shape index (κ3) is 1.51. The van der Waals surface area contributed by atoms with Crippen LogP contribution in [0.2, 0.25) is 0 Å². The molecule has 96 valence electrons. The molecular weight excluding hydrogens is 246 g/mol. The summed E-state index contributed by atoms with van der Waals surface area (Å²) in [6.45, 7) is 4.22. The zero-order valence-corrected chi connectivity index (χ0v) is 11.4. The van der Waals surface area contributed by atoms with Crippen LogP contribution in [0, 0.1) is 22.7 Å². The molecule has 0 N–H and O–H groups in total. The second kappa shape index (κ2) is 4.40. The van der Waals surface area contributed by atoms with E-state index in [0.29, 0.717) is 11.1 Å². The maximum Gasteiger partial charge on any atom is 0.0998 e. The summed E-state index contributed by atoms with van der Waals surface area (Å²) in [7, 11) is 0. The third-order valence-corrected chi connectivity index (χ3v) is 3.61. The van der Waals surface area contributed by atoms with Gasteiger partial charge in [-0.1, -0.05) is 12.1 Å². The Hall–Kier alpha value is -2.78. The number of nitrogens with zero attached hydrogens (tertiary/aromatic N) is 3. The Labute approximate surface area is 117 Å². The van der Waals surface area contributed by atoms with Crippen molar-refractivity contribution in [1.29, 1.82) is 10.5 Å². The number of benzene rings is 2. The van der Waals surface area contributed by atoms with Gasteiger partial charge in [-0.15, -0.1) is 0 Å². The second-order valence-corrected chi connectivity index (χ2v) is 5.09. The van der Waals surface area contributed by atoms with Crippen LogP contribution >= 0.6 is 0 Å². The first-order valence-electron chi connectivity index (χ1n) is 6.55. The number of rotatable bonds is 1. The topological polar surface area (TPSA) is 52.5 Å². The molecule has 3 aromatic rings. The summed E-state index contributed by atoms with van der Waals surface area (Å²) in [6.07, 6.45) is 0. The van der Waals surface area contributed by atoms with Crippen LogP contribution < -0.4 is 0 Å². The number of hydrogen-bond acceptors (Lipinski definition) is 2. The van der Waals surface area contributed by atoms with Gasteiger partial charge in [0.05, 0.1) is 34.3 Å². The molecule has 3 rings (SSSR count). The molecule has 0 atom stereocenters. The Balaban J connectivity index is 2.70. The average molecular weight is 259 g/mol. The Bertz CT molecular complexity index is 831. The van der Waals surface area contributed by atoms with Gasteiger partial charge < -0.3 is 4.57 Å².